The van der Waals surface area contributed by atoms with Gasteiger partial charge in [-0.2, -0.15) is 0 Å². The molecule has 4 aromatic rings. The zero-order valence-electron chi connectivity index (χ0n) is 20.0. The van der Waals surface area contributed by atoms with E-state index in [0.29, 0.717) is 23.2 Å². The van der Waals surface area contributed by atoms with E-state index in [1.807, 2.05) is 0 Å². The molecule has 3 aliphatic carbocycles. The number of fused-ring (bicyclic) bond motifs is 10. The van der Waals surface area contributed by atoms with Crippen LogP contribution in [-0.2, 0) is 0 Å². The van der Waals surface area contributed by atoms with Gasteiger partial charge in [-0.15, -0.1) is 0 Å². The molecular weight excluding hydrogens is 440 g/mol. The molecule has 4 atom stereocenters. The summed E-state index contributed by atoms with van der Waals surface area (Å²) >= 11 is 0. The van der Waals surface area contributed by atoms with Crippen molar-refractivity contribution in [2.75, 3.05) is 0 Å². The molecule has 0 bridgehead atoms. The van der Waals surface area contributed by atoms with Crippen LogP contribution in [0.1, 0.15) is 34.0 Å². The first kappa shape index (κ1) is 19.9. The highest BCUT2D eigenvalue weighted by Gasteiger charge is 2.52. The van der Waals surface area contributed by atoms with E-state index in [1.165, 1.54) is 55.6 Å². The molecule has 1 saturated heterocycles. The van der Waals surface area contributed by atoms with Crippen molar-refractivity contribution in [1.29, 1.82) is 0 Å². The zero-order chi connectivity index (χ0) is 23.3. The van der Waals surface area contributed by atoms with Crippen molar-refractivity contribution >= 4 is 25.1 Å². The van der Waals surface area contributed by atoms with E-state index < -0.39 is 8.07 Å². The Bertz CT molecular complexity index is 1630. The molecule has 2 nitrogen and oxygen atoms in total. The smallest absolute Gasteiger partial charge is 0.0714 e. The molecule has 0 radical (unpaired) electrons. The molecule has 1 aromatic heterocycles. The van der Waals surface area contributed by atoms with Crippen LogP contribution in [0.4, 0.5) is 0 Å². The van der Waals surface area contributed by atoms with Crippen LogP contribution in [0.3, 0.4) is 0 Å². The average molecular weight is 469 g/mol. The zero-order valence-corrected chi connectivity index (χ0v) is 21.0. The summed E-state index contributed by atoms with van der Waals surface area (Å²) in [5.41, 5.74) is 13.8. The van der Waals surface area contributed by atoms with Crippen molar-refractivity contribution in [3.63, 3.8) is 0 Å². The topological polar surface area (TPSA) is 27.8 Å². The molecule has 3 aromatic carbocycles. The quantitative estimate of drug-likeness (QED) is 0.293. The van der Waals surface area contributed by atoms with Crippen LogP contribution in [0.15, 0.2) is 102 Å². The number of para-hydroxylation sites is 1. The van der Waals surface area contributed by atoms with Gasteiger partial charge < -0.3 is 4.98 Å². The number of aromatic amines is 1. The van der Waals surface area contributed by atoms with Crippen LogP contribution in [0.2, 0.25) is 18.6 Å². The molecule has 0 amide bonds. The van der Waals surface area contributed by atoms with E-state index in [0.717, 1.165) is 0 Å². The molecule has 4 unspecified atom stereocenters. The van der Waals surface area contributed by atoms with Gasteiger partial charge in [-0.1, -0.05) is 98.1 Å². The van der Waals surface area contributed by atoms with Crippen LogP contribution in [-0.4, -0.2) is 19.1 Å². The van der Waals surface area contributed by atoms with E-state index in [9.17, 15) is 0 Å². The third-order valence-corrected chi connectivity index (χ3v) is 13.4. The average Bonchev–Trinajstić information content (AvgIpc) is 3.60. The van der Waals surface area contributed by atoms with E-state index >= 15 is 0 Å². The van der Waals surface area contributed by atoms with E-state index in [2.05, 4.69) is 120 Å². The molecule has 8 rings (SSSR count). The van der Waals surface area contributed by atoms with E-state index in [1.54, 1.807) is 0 Å². The largest absolute Gasteiger partial charge is 0.358 e. The second-order valence-corrected chi connectivity index (χ2v) is 16.0. The summed E-state index contributed by atoms with van der Waals surface area (Å²) < 4.78 is 0. The molecule has 2 heterocycles. The minimum Gasteiger partial charge on any atom is -0.358 e. The molecule has 35 heavy (non-hydrogen) atoms. The number of benzene rings is 3. The van der Waals surface area contributed by atoms with E-state index in [-0.39, 0.29) is 0 Å². The number of allylic oxidation sites excluding steroid dienone is 2. The van der Waals surface area contributed by atoms with Gasteiger partial charge in [0.1, 0.15) is 0 Å². The molecule has 2 N–H and O–H groups in total. The van der Waals surface area contributed by atoms with Crippen molar-refractivity contribution in [3.8, 4) is 11.1 Å². The Morgan fingerprint density at radius 2 is 1.57 bits per heavy atom. The summed E-state index contributed by atoms with van der Waals surface area (Å²) in [7, 11) is -1.91. The minimum absolute atomic E-state index is 0.328. The highest BCUT2D eigenvalue weighted by molar-refractivity contribution is 6.81. The minimum atomic E-state index is -1.91. The standard InChI is InChI=1S/C32H28N2Si/c1-35(2,27-17-9-15-22-25-18-19-10-3-4-11-20(19)29(25)34-30(22)27)32-23-13-6-5-12-21(23)28-24-14-7-8-16-26(24)33-31(28)32/h3-18,27,29-30,32-34H,1-2H3. The summed E-state index contributed by atoms with van der Waals surface area (Å²) in [6, 6.07) is 27.6. The number of hydrogen-bond donors (Lipinski definition) is 2. The fraction of sp³-hybridized carbons (Fsp3) is 0.188. The van der Waals surface area contributed by atoms with Gasteiger partial charge >= 0.3 is 0 Å². The molecular formula is C32H28N2Si. The number of rotatable bonds is 2. The number of H-pyrrole nitrogens is 1. The first-order valence-electron chi connectivity index (χ1n) is 12.8. The Kier molecular flexibility index (Phi) is 3.88. The normalized spacial score (nSPS) is 25.5. The van der Waals surface area contributed by atoms with Gasteiger partial charge in [0, 0.05) is 33.7 Å². The Morgan fingerprint density at radius 3 is 2.49 bits per heavy atom. The van der Waals surface area contributed by atoms with Gasteiger partial charge in [0.25, 0.3) is 0 Å². The van der Waals surface area contributed by atoms with E-state index in [4.69, 9.17) is 0 Å². The van der Waals surface area contributed by atoms with Crippen LogP contribution < -0.4 is 5.32 Å². The lowest BCUT2D eigenvalue weighted by atomic mass is 9.95. The molecule has 1 fully saturated rings. The Labute approximate surface area is 207 Å². The second kappa shape index (κ2) is 6.84. The maximum absolute atomic E-state index is 4.10. The summed E-state index contributed by atoms with van der Waals surface area (Å²) in [6.45, 7) is 5.23. The summed E-state index contributed by atoms with van der Waals surface area (Å²) in [6.07, 6.45) is 9.65. The van der Waals surface area contributed by atoms with Gasteiger partial charge in [-0.25, -0.2) is 0 Å². The van der Waals surface area contributed by atoms with Gasteiger partial charge in [0.05, 0.1) is 14.1 Å². The van der Waals surface area contributed by atoms with Gasteiger partial charge in [0.15, 0.2) is 0 Å². The third kappa shape index (κ3) is 2.52. The molecule has 0 saturated carbocycles. The molecule has 3 heteroatoms. The molecule has 4 aliphatic rings. The Balaban J connectivity index is 1.26. The van der Waals surface area contributed by atoms with Crippen LogP contribution >= 0.6 is 0 Å². The van der Waals surface area contributed by atoms with Crippen LogP contribution in [0.5, 0.6) is 0 Å². The highest BCUT2D eigenvalue weighted by atomic mass is 28.3. The van der Waals surface area contributed by atoms with Crippen molar-refractivity contribution in [2.24, 2.45) is 0 Å². The van der Waals surface area contributed by atoms with Crippen LogP contribution in [0, 0.1) is 0 Å². The maximum atomic E-state index is 4.10. The Hall–Kier alpha value is -3.40. The third-order valence-electron chi connectivity index (χ3n) is 9.07. The molecule has 170 valence electrons. The highest BCUT2D eigenvalue weighted by Crippen LogP contribution is 2.57. The SMILES string of the molecule is C[Si](C)(C1c2ccccc2-c2c1[nH]c1ccccc21)C1C=CC=C2C3=Cc4ccccc4C3NC21. The first-order chi connectivity index (χ1) is 17.1. The monoisotopic (exact) mass is 468 g/mol. The Morgan fingerprint density at radius 1 is 0.800 bits per heavy atom. The second-order valence-electron chi connectivity index (χ2n) is 11.1. The van der Waals surface area contributed by atoms with Gasteiger partial charge in [0.2, 0.25) is 0 Å². The maximum Gasteiger partial charge on any atom is 0.0714 e. The van der Waals surface area contributed by atoms with Crippen molar-refractivity contribution in [3.05, 3.63) is 125 Å². The number of nitrogens with one attached hydrogen (secondary N) is 2. The van der Waals surface area contributed by atoms with Gasteiger partial charge in [-0.3, -0.25) is 5.32 Å². The van der Waals surface area contributed by atoms with Crippen molar-refractivity contribution in [2.45, 2.75) is 36.3 Å². The fourth-order valence-electron chi connectivity index (χ4n) is 7.53. The molecule has 0 spiro atoms. The lowest BCUT2D eigenvalue weighted by molar-refractivity contribution is 0.579. The molecule has 1 aliphatic heterocycles. The predicted molar refractivity (Wildman–Crippen MR) is 148 cm³/mol. The lowest BCUT2D eigenvalue weighted by Gasteiger charge is -2.41. The summed E-state index contributed by atoms with van der Waals surface area (Å²) in [5.74, 6) is 0. The number of aromatic nitrogens is 1. The first-order valence-corrected chi connectivity index (χ1v) is 15.9. The summed E-state index contributed by atoms with van der Waals surface area (Å²) in [4.78, 5) is 3.90. The number of hydrogen-bond acceptors (Lipinski definition) is 1. The van der Waals surface area contributed by atoms with Crippen molar-refractivity contribution in [1.82, 2.24) is 10.3 Å². The predicted octanol–water partition coefficient (Wildman–Crippen LogP) is 7.50. The summed E-state index contributed by atoms with van der Waals surface area (Å²) in [5, 5.41) is 5.46. The lowest BCUT2D eigenvalue weighted by Crippen LogP contribution is -2.48. The van der Waals surface area contributed by atoms with Crippen molar-refractivity contribution < 1.29 is 0 Å². The van der Waals surface area contributed by atoms with Crippen LogP contribution in [0.25, 0.3) is 28.1 Å². The fourth-order valence-corrected chi connectivity index (χ4v) is 11.7. The van der Waals surface area contributed by atoms with Gasteiger partial charge in [-0.05, 0) is 51.1 Å².